The number of hydrogen-bond acceptors (Lipinski definition) is 3. The summed E-state index contributed by atoms with van der Waals surface area (Å²) in [6, 6.07) is 5.54. The minimum absolute atomic E-state index is 0.159. The van der Waals surface area contributed by atoms with E-state index >= 15 is 0 Å². The van der Waals surface area contributed by atoms with Gasteiger partial charge in [-0.25, -0.2) is 4.98 Å². The third-order valence-corrected chi connectivity index (χ3v) is 5.15. The lowest BCUT2D eigenvalue weighted by Gasteiger charge is -2.28. The van der Waals surface area contributed by atoms with Gasteiger partial charge in [-0.1, -0.05) is 0 Å². The van der Waals surface area contributed by atoms with E-state index in [1.165, 1.54) is 0 Å². The Kier molecular flexibility index (Phi) is 3.36. The average molecular weight is 300 g/mol. The Morgan fingerprint density at radius 2 is 1.85 bits per heavy atom. The Balaban J connectivity index is 1.76. The summed E-state index contributed by atoms with van der Waals surface area (Å²) in [5.74, 6) is -0.976. The Bertz CT molecular complexity index is 612. The number of nitrogen functional groups attached to an aromatic ring is 1. The molecule has 0 saturated heterocycles. The van der Waals surface area contributed by atoms with Crippen LogP contribution in [0.3, 0.4) is 0 Å². The highest BCUT2D eigenvalue weighted by Crippen LogP contribution is 2.44. The number of nitrogens with zero attached hydrogens (tertiary/aromatic N) is 1. The number of fused-ring (bicyclic) bond motifs is 1. The van der Waals surface area contributed by atoms with E-state index in [0.717, 1.165) is 15.2 Å². The predicted molar refractivity (Wildman–Crippen MR) is 74.8 cm³/mol. The molecule has 1 saturated carbocycles. The van der Waals surface area contributed by atoms with E-state index in [0.29, 0.717) is 18.5 Å². The molecule has 6 heteroatoms. The van der Waals surface area contributed by atoms with Crippen LogP contribution in [0.4, 0.5) is 18.9 Å². The molecule has 1 fully saturated rings. The number of anilines is 1. The van der Waals surface area contributed by atoms with Crippen LogP contribution in [0.15, 0.2) is 18.2 Å². The van der Waals surface area contributed by atoms with Crippen molar-refractivity contribution in [3.63, 3.8) is 0 Å². The maximum Gasteiger partial charge on any atom is 0.391 e. The Morgan fingerprint density at radius 3 is 2.50 bits per heavy atom. The zero-order valence-corrected chi connectivity index (χ0v) is 11.6. The summed E-state index contributed by atoms with van der Waals surface area (Å²) in [6.45, 7) is 0. The summed E-state index contributed by atoms with van der Waals surface area (Å²) >= 11 is 1.55. The highest BCUT2D eigenvalue weighted by atomic mass is 32.1. The lowest BCUT2D eigenvalue weighted by molar-refractivity contribution is -0.182. The van der Waals surface area contributed by atoms with E-state index in [1.54, 1.807) is 17.4 Å². The molecule has 0 atom stereocenters. The van der Waals surface area contributed by atoms with Crippen LogP contribution in [0.2, 0.25) is 0 Å². The van der Waals surface area contributed by atoms with Gasteiger partial charge in [0.2, 0.25) is 0 Å². The minimum Gasteiger partial charge on any atom is -0.399 e. The highest BCUT2D eigenvalue weighted by Gasteiger charge is 2.41. The van der Waals surface area contributed by atoms with Crippen molar-refractivity contribution >= 4 is 27.2 Å². The van der Waals surface area contributed by atoms with Gasteiger partial charge in [0, 0.05) is 11.6 Å². The summed E-state index contributed by atoms with van der Waals surface area (Å²) < 4.78 is 39.0. The van der Waals surface area contributed by atoms with Gasteiger partial charge < -0.3 is 5.73 Å². The minimum atomic E-state index is -4.05. The molecule has 3 rings (SSSR count). The first-order valence-corrected chi connectivity index (χ1v) is 7.48. The molecular weight excluding hydrogens is 285 g/mol. The number of hydrogen-bond donors (Lipinski definition) is 1. The largest absolute Gasteiger partial charge is 0.399 e. The van der Waals surface area contributed by atoms with Crippen molar-refractivity contribution in [3.8, 4) is 0 Å². The number of nitrogens with two attached hydrogens (primary N) is 1. The summed E-state index contributed by atoms with van der Waals surface area (Å²) in [7, 11) is 0. The number of halogens is 3. The summed E-state index contributed by atoms with van der Waals surface area (Å²) in [6.07, 6.45) is -2.48. The summed E-state index contributed by atoms with van der Waals surface area (Å²) in [5, 5.41) is 0.950. The first-order valence-electron chi connectivity index (χ1n) is 6.66. The van der Waals surface area contributed by atoms with Gasteiger partial charge >= 0.3 is 6.18 Å². The molecule has 108 valence electrons. The first-order chi connectivity index (χ1) is 9.43. The van der Waals surface area contributed by atoms with Crippen molar-refractivity contribution in [2.45, 2.75) is 37.8 Å². The van der Waals surface area contributed by atoms with Crippen LogP contribution in [0.5, 0.6) is 0 Å². The van der Waals surface area contributed by atoms with Crippen LogP contribution in [0.1, 0.15) is 36.6 Å². The second-order valence-electron chi connectivity index (χ2n) is 5.37. The molecule has 0 unspecified atom stereocenters. The molecule has 2 N–H and O–H groups in total. The van der Waals surface area contributed by atoms with Crippen molar-refractivity contribution in [1.82, 2.24) is 4.98 Å². The third kappa shape index (κ3) is 2.61. The fourth-order valence-corrected chi connectivity index (χ4v) is 3.99. The smallest absolute Gasteiger partial charge is 0.391 e. The molecule has 0 radical (unpaired) electrons. The van der Waals surface area contributed by atoms with Crippen LogP contribution < -0.4 is 5.73 Å². The predicted octanol–water partition coefficient (Wildman–Crippen LogP) is 4.71. The number of thiazole rings is 1. The van der Waals surface area contributed by atoms with Crippen molar-refractivity contribution in [1.29, 1.82) is 0 Å². The molecule has 2 aromatic rings. The van der Waals surface area contributed by atoms with Crippen molar-refractivity contribution in [2.75, 3.05) is 5.73 Å². The maximum atomic E-state index is 12.7. The first kappa shape index (κ1) is 13.7. The molecule has 1 aliphatic rings. The van der Waals surface area contributed by atoms with E-state index in [2.05, 4.69) is 4.98 Å². The molecule has 0 aliphatic heterocycles. The SMILES string of the molecule is Nc1ccc2nc(C3CCC(C(F)(F)F)CC3)sc2c1. The van der Waals surface area contributed by atoms with Gasteiger partial charge in [0.05, 0.1) is 21.1 Å². The Morgan fingerprint density at radius 1 is 1.15 bits per heavy atom. The second-order valence-corrected chi connectivity index (χ2v) is 6.43. The highest BCUT2D eigenvalue weighted by molar-refractivity contribution is 7.18. The van der Waals surface area contributed by atoms with Gasteiger partial charge in [-0.15, -0.1) is 11.3 Å². The van der Waals surface area contributed by atoms with Crippen molar-refractivity contribution in [3.05, 3.63) is 23.2 Å². The lowest BCUT2D eigenvalue weighted by atomic mass is 9.82. The van der Waals surface area contributed by atoms with Crippen LogP contribution >= 0.6 is 11.3 Å². The topological polar surface area (TPSA) is 38.9 Å². The van der Waals surface area contributed by atoms with Crippen molar-refractivity contribution < 1.29 is 13.2 Å². The zero-order chi connectivity index (χ0) is 14.3. The monoisotopic (exact) mass is 300 g/mol. The average Bonchev–Trinajstić information content (AvgIpc) is 2.80. The molecule has 0 amide bonds. The zero-order valence-electron chi connectivity index (χ0n) is 10.8. The molecule has 20 heavy (non-hydrogen) atoms. The van der Waals surface area contributed by atoms with Crippen LogP contribution in [0.25, 0.3) is 10.2 Å². The van der Waals surface area contributed by atoms with Gasteiger partial charge in [-0.2, -0.15) is 13.2 Å². The molecule has 0 spiro atoms. The van der Waals surface area contributed by atoms with E-state index in [-0.39, 0.29) is 18.8 Å². The molecule has 1 aliphatic carbocycles. The molecule has 2 nitrogen and oxygen atoms in total. The van der Waals surface area contributed by atoms with Crippen LogP contribution in [-0.2, 0) is 0 Å². The molecule has 0 bridgehead atoms. The Hall–Kier alpha value is -1.30. The van der Waals surface area contributed by atoms with Gasteiger partial charge in [0.1, 0.15) is 0 Å². The Labute approximate surface area is 118 Å². The molecule has 1 heterocycles. The molecular formula is C14H15F3N2S. The third-order valence-electron chi connectivity index (χ3n) is 3.97. The number of rotatable bonds is 1. The fraction of sp³-hybridized carbons (Fsp3) is 0.500. The van der Waals surface area contributed by atoms with Gasteiger partial charge in [-0.3, -0.25) is 0 Å². The van der Waals surface area contributed by atoms with Crippen molar-refractivity contribution in [2.24, 2.45) is 5.92 Å². The second kappa shape index (κ2) is 4.91. The van der Waals surface area contributed by atoms with Gasteiger partial charge in [0.25, 0.3) is 0 Å². The molecule has 1 aromatic heterocycles. The number of alkyl halides is 3. The van der Waals surface area contributed by atoms with E-state index in [4.69, 9.17) is 5.73 Å². The molecule has 1 aromatic carbocycles. The standard InChI is InChI=1S/C14H15F3N2S/c15-14(16,17)9-3-1-8(2-4-9)13-19-11-6-5-10(18)7-12(11)20-13/h5-9H,1-4,18H2. The van der Waals surface area contributed by atoms with Crippen LogP contribution in [-0.4, -0.2) is 11.2 Å². The maximum absolute atomic E-state index is 12.7. The summed E-state index contributed by atoms with van der Waals surface area (Å²) in [5.41, 5.74) is 7.31. The lowest BCUT2D eigenvalue weighted by Crippen LogP contribution is -2.27. The summed E-state index contributed by atoms with van der Waals surface area (Å²) in [4.78, 5) is 4.55. The fourth-order valence-electron chi connectivity index (χ4n) is 2.80. The van der Waals surface area contributed by atoms with Crippen LogP contribution in [0, 0.1) is 5.92 Å². The van der Waals surface area contributed by atoms with Gasteiger partial charge in [0.15, 0.2) is 0 Å². The number of aromatic nitrogens is 1. The van der Waals surface area contributed by atoms with E-state index in [1.807, 2.05) is 12.1 Å². The van der Waals surface area contributed by atoms with E-state index < -0.39 is 12.1 Å². The van der Waals surface area contributed by atoms with Gasteiger partial charge in [-0.05, 0) is 43.9 Å². The normalized spacial score (nSPS) is 24.1. The number of benzene rings is 1. The van der Waals surface area contributed by atoms with E-state index in [9.17, 15) is 13.2 Å². The quantitative estimate of drug-likeness (QED) is 0.774.